The average Bonchev–Trinajstić information content (AvgIpc) is 2.97. The van der Waals surface area contributed by atoms with E-state index in [0.717, 1.165) is 23.7 Å². The summed E-state index contributed by atoms with van der Waals surface area (Å²) < 4.78 is 72.0. The largest absolute Gasteiger partial charge is 0.460 e. The summed E-state index contributed by atoms with van der Waals surface area (Å²) in [6.07, 6.45) is -0.0942. The monoisotopic (exact) mass is 787 g/mol. The van der Waals surface area contributed by atoms with Crippen molar-refractivity contribution in [3.8, 4) is 0 Å². The Labute approximate surface area is 296 Å². The van der Waals surface area contributed by atoms with Crippen LogP contribution in [0, 0.1) is 12.7 Å². The fourth-order valence-corrected chi connectivity index (χ4v) is 14.0. The van der Waals surface area contributed by atoms with E-state index in [9.17, 15) is 13.2 Å². The van der Waals surface area contributed by atoms with Gasteiger partial charge in [0.2, 0.25) is 0 Å². The molecule has 0 bridgehead atoms. The highest BCUT2D eigenvalue weighted by Gasteiger charge is 2.50. The van der Waals surface area contributed by atoms with Crippen molar-refractivity contribution in [1.29, 1.82) is 0 Å². The summed E-state index contributed by atoms with van der Waals surface area (Å²) in [4.78, 5) is 22.8. The van der Waals surface area contributed by atoms with E-state index in [0.29, 0.717) is 9.79 Å². The molecule has 48 heavy (non-hydrogen) atoms. The third-order valence-corrected chi connectivity index (χ3v) is 20.0. The van der Waals surface area contributed by atoms with Gasteiger partial charge >= 0.3 is 5.97 Å². The summed E-state index contributed by atoms with van der Waals surface area (Å²) in [5.74, 6) is -1.14. The zero-order valence-electron chi connectivity index (χ0n) is 29.9. The number of hydrogen-bond donors (Lipinski definition) is 0. The number of pyridine rings is 1. The lowest BCUT2D eigenvalue weighted by atomic mass is 9.95. The molecular weight excluding hydrogens is 738 g/mol. The number of ether oxygens (including phenoxy) is 1. The van der Waals surface area contributed by atoms with Gasteiger partial charge in [0, 0.05) is 5.71 Å². The fourth-order valence-electron chi connectivity index (χ4n) is 6.09. The fraction of sp³-hybridized carbons (Fsp3) is 0.618. The first kappa shape index (κ1) is 40.4. The zero-order valence-corrected chi connectivity index (χ0v) is 34.1. The molecule has 0 N–H and O–H groups in total. The maximum atomic E-state index is 16.8. The second-order valence-corrected chi connectivity index (χ2v) is 24.7. The molecule has 0 amide bonds. The molecule has 1 aromatic heterocycles. The Morgan fingerprint density at radius 2 is 1.69 bits per heavy atom. The van der Waals surface area contributed by atoms with E-state index in [1.165, 1.54) is 12.1 Å². The molecule has 2 aromatic rings. The van der Waals surface area contributed by atoms with E-state index in [1.54, 1.807) is 59.7 Å². The Morgan fingerprint density at radius 1 is 1.10 bits per heavy atom. The number of esters is 1. The number of aliphatic imine (C=N–C) groups is 1. The molecule has 1 aromatic carbocycles. The Morgan fingerprint density at radius 3 is 2.23 bits per heavy atom. The van der Waals surface area contributed by atoms with Gasteiger partial charge in [-0.1, -0.05) is 56.6 Å². The van der Waals surface area contributed by atoms with E-state index < -0.39 is 55.6 Å². The number of nitrogens with zero attached hydrogens (tertiary/aromatic N) is 3. The highest BCUT2D eigenvalue weighted by Crippen LogP contribution is 2.41. The van der Waals surface area contributed by atoms with Crippen molar-refractivity contribution in [2.75, 3.05) is 18.9 Å². The molecule has 0 saturated carbocycles. The number of benzene rings is 1. The van der Waals surface area contributed by atoms with Crippen molar-refractivity contribution >= 4 is 60.7 Å². The van der Waals surface area contributed by atoms with Gasteiger partial charge < -0.3 is 4.74 Å². The summed E-state index contributed by atoms with van der Waals surface area (Å²) in [6.45, 7) is 18.4. The Balaban J connectivity index is 2.08. The number of carbonyl (C=O) groups excluding carboxylic acids is 1. The summed E-state index contributed by atoms with van der Waals surface area (Å²) in [5, 5.41) is 0.650. The molecule has 2 atom stereocenters. The van der Waals surface area contributed by atoms with Gasteiger partial charge in [0.1, 0.15) is 27.3 Å². The normalized spacial score (nSPS) is 21.5. The molecule has 0 unspecified atom stereocenters. The summed E-state index contributed by atoms with van der Waals surface area (Å²) in [7, 11) is -9.47. The predicted molar refractivity (Wildman–Crippen MR) is 197 cm³/mol. The van der Waals surface area contributed by atoms with Crippen LogP contribution in [0.25, 0.3) is 0 Å². The van der Waals surface area contributed by atoms with Crippen LogP contribution in [0.5, 0.6) is 0 Å². The van der Waals surface area contributed by atoms with Gasteiger partial charge in [-0.25, -0.2) is 17.9 Å². The molecule has 1 aliphatic heterocycles. The van der Waals surface area contributed by atoms with Gasteiger partial charge in [-0.2, -0.15) is 8.42 Å². The molecule has 1 aliphatic rings. The third-order valence-electron chi connectivity index (χ3n) is 9.27. The van der Waals surface area contributed by atoms with Crippen molar-refractivity contribution in [2.24, 2.45) is 9.36 Å². The highest BCUT2D eigenvalue weighted by molar-refractivity contribution is 9.10. The predicted octanol–water partition coefficient (Wildman–Crippen LogP) is 7.45. The summed E-state index contributed by atoms with van der Waals surface area (Å²) in [6, 6.07) is 10.7. The second kappa shape index (κ2) is 15.1. The molecule has 0 fully saturated rings. The number of aryl methyl sites for hydroxylation is 1. The topological polar surface area (TPSA) is 124 Å². The number of aromatic nitrogens is 1. The van der Waals surface area contributed by atoms with Crippen LogP contribution in [0.3, 0.4) is 0 Å². The minimum atomic E-state index is -3.98. The van der Waals surface area contributed by atoms with Crippen LogP contribution >= 0.6 is 15.9 Å². The first-order valence-corrected chi connectivity index (χ1v) is 22.9. The van der Waals surface area contributed by atoms with E-state index in [-0.39, 0.29) is 48.0 Å². The molecule has 3 rings (SSSR count). The molecular formula is C34H51BrFN3O6S2Si. The van der Waals surface area contributed by atoms with Crippen LogP contribution in [0.2, 0.25) is 18.1 Å². The molecule has 0 radical (unpaired) electrons. The molecule has 0 aliphatic carbocycles. The molecule has 268 valence electrons. The third kappa shape index (κ3) is 8.83. The van der Waals surface area contributed by atoms with Crippen LogP contribution in [-0.4, -0.2) is 66.6 Å². The number of carbonyl (C=O) groups is 1. The highest BCUT2D eigenvalue weighted by atomic mass is 79.9. The van der Waals surface area contributed by atoms with Gasteiger partial charge in [0.15, 0.2) is 0 Å². The molecule has 2 heterocycles. The summed E-state index contributed by atoms with van der Waals surface area (Å²) >= 11 is 3.52. The molecule has 9 nitrogen and oxygen atoms in total. The minimum Gasteiger partial charge on any atom is -0.460 e. The molecule has 0 saturated heterocycles. The smallest absolute Gasteiger partial charge is 0.312 e. The van der Waals surface area contributed by atoms with Crippen LogP contribution in [0.4, 0.5) is 4.39 Å². The van der Waals surface area contributed by atoms with E-state index in [1.807, 2.05) is 6.92 Å². The van der Waals surface area contributed by atoms with Gasteiger partial charge in [0.05, 0.1) is 52.8 Å². The van der Waals surface area contributed by atoms with Crippen molar-refractivity contribution in [2.45, 2.75) is 121 Å². The number of hydrogen-bond acceptors (Lipinski definition) is 9. The Hall–Kier alpha value is -2.00. The maximum Gasteiger partial charge on any atom is 0.312 e. The lowest BCUT2D eigenvalue weighted by Gasteiger charge is -2.42. The van der Waals surface area contributed by atoms with Crippen LogP contribution in [-0.2, 0) is 39.1 Å². The van der Waals surface area contributed by atoms with Crippen molar-refractivity contribution in [3.05, 3.63) is 52.0 Å². The lowest BCUT2D eigenvalue weighted by molar-refractivity contribution is -0.153. The van der Waals surface area contributed by atoms with Crippen LogP contribution in [0.1, 0.15) is 86.4 Å². The average molecular weight is 789 g/mol. The number of rotatable bonds is 13. The first-order valence-electron chi connectivity index (χ1n) is 16.4. The van der Waals surface area contributed by atoms with Crippen molar-refractivity contribution in [3.63, 3.8) is 0 Å². The van der Waals surface area contributed by atoms with E-state index >= 15 is 8.60 Å². The quantitative estimate of drug-likeness (QED) is 0.0679. The van der Waals surface area contributed by atoms with Crippen LogP contribution < -0.4 is 5.19 Å². The van der Waals surface area contributed by atoms with Gasteiger partial charge in [-0.3, -0.25) is 14.0 Å². The Bertz CT molecular complexity index is 1760. The maximum absolute atomic E-state index is 16.8. The Kier molecular flexibility index (Phi) is 12.7. The van der Waals surface area contributed by atoms with Gasteiger partial charge in [-0.15, -0.1) is 0 Å². The lowest BCUT2D eigenvalue weighted by Crippen LogP contribution is -2.54. The van der Waals surface area contributed by atoms with Gasteiger partial charge in [-0.05, 0) is 94.2 Å². The molecule has 0 spiro atoms. The molecule has 14 heteroatoms. The zero-order chi connectivity index (χ0) is 36.3. The SMILES string of the molecule is CC[Si](CC)(CC)c1cc(Br)nc([C@]2(C)C[S@@](=O)(=NCCCOS(=O)(=O)c3ccc(C)cc3)C(C)(C)C(CC(=O)OC(C)(C)C)=N2)c1F. The van der Waals surface area contributed by atoms with Crippen molar-refractivity contribution in [1.82, 2.24) is 4.98 Å². The van der Waals surface area contributed by atoms with E-state index in [4.69, 9.17) is 13.9 Å². The standard InChI is InChI=1S/C34H51BrFN3O6S2Si/c1-11-48(12-2,13-3)26-21-28(35)38-31(30(26)36)34(10)23-46(41,33(8,9)27(39-34)22-29(40)45-32(5,6)7)37-19-14-20-44-47(42,43)25-17-15-24(4)16-18-25/h15-18,21H,11-14,19-20,22-23H2,1-10H3/t34-,46-/m0/s1. The number of halogens is 2. The summed E-state index contributed by atoms with van der Waals surface area (Å²) in [5.41, 5.74) is -0.913. The first-order chi connectivity index (χ1) is 22.1. The van der Waals surface area contributed by atoms with E-state index in [2.05, 4.69) is 46.0 Å². The minimum absolute atomic E-state index is 0.0126. The van der Waals surface area contributed by atoms with Crippen LogP contribution in [0.15, 0.2) is 49.2 Å². The van der Waals surface area contributed by atoms with Gasteiger partial charge in [0.25, 0.3) is 10.1 Å². The van der Waals surface area contributed by atoms with Crippen molar-refractivity contribution < 1.29 is 30.7 Å². The second-order valence-electron chi connectivity index (χ2n) is 14.2.